The molecule has 0 saturated carbocycles. The lowest BCUT2D eigenvalue weighted by Gasteiger charge is -2.16. The summed E-state index contributed by atoms with van der Waals surface area (Å²) in [6, 6.07) is 7.53. The van der Waals surface area contributed by atoms with Crippen molar-refractivity contribution < 1.29 is 9.53 Å². The molecule has 100 valence electrons. The summed E-state index contributed by atoms with van der Waals surface area (Å²) in [5.74, 6) is 0.870. The third-order valence-electron chi connectivity index (χ3n) is 2.91. The molecule has 2 aromatic rings. The molecule has 0 aliphatic rings. The summed E-state index contributed by atoms with van der Waals surface area (Å²) in [5.41, 5.74) is 1.97. The Balaban J connectivity index is 1.92. The van der Waals surface area contributed by atoms with Crippen LogP contribution in [0.1, 0.15) is 11.1 Å². The number of hydrogen-bond donors (Lipinski definition) is 1. The van der Waals surface area contributed by atoms with Gasteiger partial charge < -0.3 is 9.64 Å². The van der Waals surface area contributed by atoms with Gasteiger partial charge in [0.1, 0.15) is 5.75 Å². The van der Waals surface area contributed by atoms with Crippen LogP contribution in [0.25, 0.3) is 0 Å². The minimum atomic E-state index is 0.0753. The molecule has 1 amide bonds. The molecule has 1 N–H and O–H groups in total. The summed E-state index contributed by atoms with van der Waals surface area (Å²) in [5, 5.41) is 6.60. The van der Waals surface area contributed by atoms with E-state index in [1.807, 2.05) is 24.3 Å². The highest BCUT2D eigenvalue weighted by Crippen LogP contribution is 2.12. The maximum atomic E-state index is 12.1. The molecule has 0 fully saturated rings. The van der Waals surface area contributed by atoms with Gasteiger partial charge >= 0.3 is 0 Å². The fourth-order valence-electron chi connectivity index (χ4n) is 1.78. The lowest BCUT2D eigenvalue weighted by atomic mass is 10.1. The first-order chi connectivity index (χ1) is 9.19. The quantitative estimate of drug-likeness (QED) is 0.887. The molecule has 5 heteroatoms. The molecule has 19 heavy (non-hydrogen) atoms. The van der Waals surface area contributed by atoms with Crippen LogP contribution in [0.4, 0.5) is 0 Å². The Morgan fingerprint density at radius 2 is 2.05 bits per heavy atom. The van der Waals surface area contributed by atoms with E-state index >= 15 is 0 Å². The van der Waals surface area contributed by atoms with Crippen molar-refractivity contribution in [3.05, 3.63) is 47.8 Å². The van der Waals surface area contributed by atoms with E-state index in [0.717, 1.165) is 16.9 Å². The number of benzene rings is 1. The molecule has 0 radical (unpaired) electrons. The Bertz CT molecular complexity index is 520. The number of carbonyl (C=O) groups is 1. The summed E-state index contributed by atoms with van der Waals surface area (Å²) < 4.78 is 5.09. The number of ether oxygens (including phenoxy) is 1. The van der Waals surface area contributed by atoms with E-state index in [9.17, 15) is 4.79 Å². The predicted molar refractivity (Wildman–Crippen MR) is 71.8 cm³/mol. The number of H-pyrrole nitrogens is 1. The number of amides is 1. The number of nitrogens with zero attached hydrogens (tertiary/aromatic N) is 2. The van der Waals surface area contributed by atoms with Crippen LogP contribution in [-0.2, 0) is 17.8 Å². The average Bonchev–Trinajstić information content (AvgIpc) is 2.92. The molecular formula is C14H17N3O2. The molecule has 0 atom stereocenters. The lowest BCUT2D eigenvalue weighted by molar-refractivity contribution is -0.129. The second-order valence-electron chi connectivity index (χ2n) is 4.38. The van der Waals surface area contributed by atoms with Gasteiger partial charge in [0.15, 0.2) is 0 Å². The average molecular weight is 259 g/mol. The molecule has 1 aromatic carbocycles. The first kappa shape index (κ1) is 13.1. The number of aromatic amines is 1. The smallest absolute Gasteiger partial charge is 0.227 e. The zero-order chi connectivity index (χ0) is 13.7. The van der Waals surface area contributed by atoms with Gasteiger partial charge in [-0.25, -0.2) is 0 Å². The number of carbonyl (C=O) groups excluding carboxylic acids is 1. The number of nitrogens with one attached hydrogen (secondary N) is 1. The van der Waals surface area contributed by atoms with E-state index in [2.05, 4.69) is 10.2 Å². The highest BCUT2D eigenvalue weighted by atomic mass is 16.5. The van der Waals surface area contributed by atoms with Gasteiger partial charge in [0, 0.05) is 25.4 Å². The van der Waals surface area contributed by atoms with Gasteiger partial charge in [-0.2, -0.15) is 5.10 Å². The molecule has 2 rings (SSSR count). The number of aromatic nitrogens is 2. The van der Waals surface area contributed by atoms with Crippen LogP contribution in [0.3, 0.4) is 0 Å². The Morgan fingerprint density at radius 3 is 2.63 bits per heavy atom. The Kier molecular flexibility index (Phi) is 4.18. The van der Waals surface area contributed by atoms with E-state index in [0.29, 0.717) is 13.0 Å². The first-order valence-corrected chi connectivity index (χ1v) is 6.03. The highest BCUT2D eigenvalue weighted by molar-refractivity contribution is 5.78. The van der Waals surface area contributed by atoms with Crippen molar-refractivity contribution in [1.29, 1.82) is 0 Å². The van der Waals surface area contributed by atoms with Crippen LogP contribution >= 0.6 is 0 Å². The summed E-state index contributed by atoms with van der Waals surface area (Å²) in [7, 11) is 3.41. The van der Waals surface area contributed by atoms with Crippen molar-refractivity contribution in [2.75, 3.05) is 14.2 Å². The van der Waals surface area contributed by atoms with Crippen molar-refractivity contribution in [3.8, 4) is 5.75 Å². The second kappa shape index (κ2) is 6.04. The van der Waals surface area contributed by atoms with Crippen molar-refractivity contribution in [2.45, 2.75) is 13.0 Å². The molecule has 5 nitrogen and oxygen atoms in total. The van der Waals surface area contributed by atoms with Gasteiger partial charge in [-0.15, -0.1) is 0 Å². The fourth-order valence-corrected chi connectivity index (χ4v) is 1.78. The SMILES string of the molecule is COc1ccc(CC(=O)N(C)Cc2cn[nH]c2)cc1. The van der Waals surface area contributed by atoms with Crippen LogP contribution in [0.2, 0.25) is 0 Å². The first-order valence-electron chi connectivity index (χ1n) is 6.03. The second-order valence-corrected chi connectivity index (χ2v) is 4.38. The molecule has 0 bridgehead atoms. The molecular weight excluding hydrogens is 242 g/mol. The van der Waals surface area contributed by atoms with Gasteiger partial charge in [0.05, 0.1) is 19.7 Å². The summed E-state index contributed by atoms with van der Waals surface area (Å²) in [6.07, 6.45) is 3.90. The molecule has 0 unspecified atom stereocenters. The van der Waals surface area contributed by atoms with Gasteiger partial charge in [0.2, 0.25) is 5.91 Å². The topological polar surface area (TPSA) is 58.2 Å². The molecule has 0 aliphatic heterocycles. The maximum Gasteiger partial charge on any atom is 0.227 e. The minimum Gasteiger partial charge on any atom is -0.497 e. The van der Waals surface area contributed by atoms with Crippen LogP contribution in [0, 0.1) is 0 Å². The monoisotopic (exact) mass is 259 g/mol. The standard InChI is InChI=1S/C14H17N3O2/c1-17(10-12-8-15-16-9-12)14(18)7-11-3-5-13(19-2)6-4-11/h3-6,8-9H,7,10H2,1-2H3,(H,15,16). The zero-order valence-electron chi connectivity index (χ0n) is 11.1. The van der Waals surface area contributed by atoms with Crippen molar-refractivity contribution in [2.24, 2.45) is 0 Å². The van der Waals surface area contributed by atoms with E-state index in [4.69, 9.17) is 4.74 Å². The van der Waals surface area contributed by atoms with Crippen molar-refractivity contribution >= 4 is 5.91 Å². The largest absolute Gasteiger partial charge is 0.497 e. The molecule has 0 spiro atoms. The Hall–Kier alpha value is -2.30. The van der Waals surface area contributed by atoms with E-state index in [-0.39, 0.29) is 5.91 Å². The zero-order valence-corrected chi connectivity index (χ0v) is 11.1. The maximum absolute atomic E-state index is 12.1. The normalized spacial score (nSPS) is 10.2. The van der Waals surface area contributed by atoms with Gasteiger partial charge in [-0.05, 0) is 17.7 Å². The third kappa shape index (κ3) is 3.58. The van der Waals surface area contributed by atoms with E-state index in [1.54, 1.807) is 31.5 Å². The highest BCUT2D eigenvalue weighted by Gasteiger charge is 2.10. The Morgan fingerprint density at radius 1 is 1.32 bits per heavy atom. The molecule has 1 heterocycles. The summed E-state index contributed by atoms with van der Waals surface area (Å²) >= 11 is 0. The van der Waals surface area contributed by atoms with Crippen LogP contribution < -0.4 is 4.74 Å². The van der Waals surface area contributed by atoms with Crippen LogP contribution in [0.5, 0.6) is 5.75 Å². The van der Waals surface area contributed by atoms with Gasteiger partial charge in [-0.1, -0.05) is 12.1 Å². The number of likely N-dealkylation sites (N-methyl/N-ethyl adjacent to an activating group) is 1. The van der Waals surface area contributed by atoms with Crippen molar-refractivity contribution in [3.63, 3.8) is 0 Å². The number of rotatable bonds is 5. The number of methoxy groups -OCH3 is 1. The van der Waals surface area contributed by atoms with Crippen LogP contribution in [-0.4, -0.2) is 35.2 Å². The number of hydrogen-bond acceptors (Lipinski definition) is 3. The van der Waals surface area contributed by atoms with Gasteiger partial charge in [-0.3, -0.25) is 9.89 Å². The summed E-state index contributed by atoms with van der Waals surface area (Å²) in [4.78, 5) is 13.7. The van der Waals surface area contributed by atoms with Gasteiger partial charge in [0.25, 0.3) is 0 Å². The molecule has 0 aliphatic carbocycles. The van der Waals surface area contributed by atoms with Crippen LogP contribution in [0.15, 0.2) is 36.7 Å². The fraction of sp³-hybridized carbons (Fsp3) is 0.286. The lowest BCUT2D eigenvalue weighted by Crippen LogP contribution is -2.27. The van der Waals surface area contributed by atoms with Crippen molar-refractivity contribution in [1.82, 2.24) is 15.1 Å². The molecule has 1 aromatic heterocycles. The van der Waals surface area contributed by atoms with E-state index < -0.39 is 0 Å². The third-order valence-corrected chi connectivity index (χ3v) is 2.91. The molecule has 0 saturated heterocycles. The summed E-state index contributed by atoms with van der Waals surface area (Å²) in [6.45, 7) is 0.561. The Labute approximate surface area is 112 Å². The van der Waals surface area contributed by atoms with E-state index in [1.165, 1.54) is 0 Å². The predicted octanol–water partition coefficient (Wildman–Crippen LogP) is 1.62. The minimum absolute atomic E-state index is 0.0753.